The normalized spacial score (nSPS) is 15.8. The van der Waals surface area contributed by atoms with E-state index < -0.39 is 6.04 Å². The summed E-state index contributed by atoms with van der Waals surface area (Å²) in [5.41, 5.74) is 6.49. The average molecular weight is 329 g/mol. The average Bonchev–Trinajstić information content (AvgIpc) is 2.98. The van der Waals surface area contributed by atoms with Gasteiger partial charge in [-0.05, 0) is 44.7 Å². The van der Waals surface area contributed by atoms with Gasteiger partial charge < -0.3 is 20.5 Å². The predicted octanol–water partition coefficient (Wildman–Crippen LogP) is 2.40. The highest BCUT2D eigenvalue weighted by molar-refractivity contribution is 5.85. The van der Waals surface area contributed by atoms with Gasteiger partial charge in [-0.2, -0.15) is 0 Å². The number of carbonyl (C=O) groups is 1. The Kier molecular flexibility index (Phi) is 7.48. The third kappa shape index (κ3) is 5.07. The minimum absolute atomic E-state index is 0. The van der Waals surface area contributed by atoms with Gasteiger partial charge in [0, 0.05) is 18.2 Å². The topological polar surface area (TPSA) is 73.6 Å². The Morgan fingerprint density at radius 2 is 2.09 bits per heavy atom. The van der Waals surface area contributed by atoms with E-state index in [1.54, 1.807) is 14.0 Å². The standard InChI is InChI=1S/C16H24N2O3.ClH/c1-11(17)16(19)18-10-12-7-8-14(20-2)9-15(12)21-13-5-3-4-6-13;/h7-9,11,13H,3-6,10,17H2,1-2H3,(H,18,19);1H/t11-;/m0./s1. The molecule has 0 spiro atoms. The number of carbonyl (C=O) groups excluding carboxylic acids is 1. The number of benzene rings is 1. The molecule has 1 atom stereocenters. The summed E-state index contributed by atoms with van der Waals surface area (Å²) in [5.74, 6) is 1.37. The number of hydrogen-bond donors (Lipinski definition) is 2. The third-order valence-electron chi connectivity index (χ3n) is 3.74. The first-order valence-corrected chi connectivity index (χ1v) is 7.47. The van der Waals surface area contributed by atoms with Crippen LogP contribution < -0.4 is 20.5 Å². The van der Waals surface area contributed by atoms with E-state index in [9.17, 15) is 4.79 Å². The van der Waals surface area contributed by atoms with E-state index in [1.165, 1.54) is 12.8 Å². The number of nitrogens with two attached hydrogens (primary N) is 1. The lowest BCUT2D eigenvalue weighted by molar-refractivity contribution is -0.122. The molecular formula is C16H25ClN2O3. The van der Waals surface area contributed by atoms with Crippen LogP contribution in [-0.4, -0.2) is 25.2 Å². The number of nitrogens with one attached hydrogen (secondary N) is 1. The molecule has 1 amide bonds. The molecule has 3 N–H and O–H groups in total. The third-order valence-corrected chi connectivity index (χ3v) is 3.74. The van der Waals surface area contributed by atoms with E-state index in [0.29, 0.717) is 6.54 Å². The summed E-state index contributed by atoms with van der Waals surface area (Å²) in [7, 11) is 1.63. The summed E-state index contributed by atoms with van der Waals surface area (Å²) < 4.78 is 11.3. The van der Waals surface area contributed by atoms with Crippen LogP contribution in [0.1, 0.15) is 38.2 Å². The molecule has 1 aliphatic carbocycles. The van der Waals surface area contributed by atoms with Crippen LogP contribution in [0.4, 0.5) is 0 Å². The molecule has 2 rings (SSSR count). The lowest BCUT2D eigenvalue weighted by Crippen LogP contribution is -2.37. The number of rotatable bonds is 6. The van der Waals surface area contributed by atoms with Crippen LogP contribution in [0.3, 0.4) is 0 Å². The van der Waals surface area contributed by atoms with Gasteiger partial charge in [0.2, 0.25) is 5.91 Å². The molecule has 1 fully saturated rings. The van der Waals surface area contributed by atoms with Crippen molar-refractivity contribution in [3.05, 3.63) is 23.8 Å². The van der Waals surface area contributed by atoms with Crippen LogP contribution >= 0.6 is 12.4 Å². The summed E-state index contributed by atoms with van der Waals surface area (Å²) in [6, 6.07) is 5.16. The smallest absolute Gasteiger partial charge is 0.236 e. The fourth-order valence-corrected chi connectivity index (χ4v) is 2.45. The molecule has 1 aliphatic rings. The van der Waals surface area contributed by atoms with Crippen molar-refractivity contribution in [1.82, 2.24) is 5.32 Å². The van der Waals surface area contributed by atoms with Crippen LogP contribution in [-0.2, 0) is 11.3 Å². The molecule has 0 heterocycles. The van der Waals surface area contributed by atoms with E-state index in [-0.39, 0.29) is 24.4 Å². The summed E-state index contributed by atoms with van der Waals surface area (Å²) in [6.07, 6.45) is 4.86. The Hall–Kier alpha value is -1.46. The summed E-state index contributed by atoms with van der Waals surface area (Å²) in [4.78, 5) is 11.6. The van der Waals surface area contributed by atoms with E-state index in [0.717, 1.165) is 29.9 Å². The summed E-state index contributed by atoms with van der Waals surface area (Å²) >= 11 is 0. The van der Waals surface area contributed by atoms with Crippen molar-refractivity contribution in [2.45, 2.75) is 51.3 Å². The van der Waals surface area contributed by atoms with Crippen molar-refractivity contribution in [1.29, 1.82) is 0 Å². The zero-order valence-electron chi connectivity index (χ0n) is 13.1. The zero-order valence-corrected chi connectivity index (χ0v) is 13.9. The second-order valence-electron chi connectivity index (χ2n) is 5.50. The lowest BCUT2D eigenvalue weighted by Gasteiger charge is -2.18. The van der Waals surface area contributed by atoms with Gasteiger partial charge in [-0.3, -0.25) is 4.79 Å². The van der Waals surface area contributed by atoms with Crippen LogP contribution in [0, 0.1) is 0 Å². The van der Waals surface area contributed by atoms with Crippen LogP contribution in [0.5, 0.6) is 11.5 Å². The molecular weight excluding hydrogens is 304 g/mol. The fourth-order valence-electron chi connectivity index (χ4n) is 2.45. The van der Waals surface area contributed by atoms with Crippen molar-refractivity contribution in [3.8, 4) is 11.5 Å². The molecule has 0 bridgehead atoms. The van der Waals surface area contributed by atoms with Crippen molar-refractivity contribution < 1.29 is 14.3 Å². The van der Waals surface area contributed by atoms with Gasteiger partial charge in [-0.15, -0.1) is 12.4 Å². The number of methoxy groups -OCH3 is 1. The molecule has 0 unspecified atom stereocenters. The molecule has 1 aromatic carbocycles. The molecule has 5 nitrogen and oxygen atoms in total. The van der Waals surface area contributed by atoms with E-state index in [1.807, 2.05) is 18.2 Å². The first-order valence-electron chi connectivity index (χ1n) is 7.47. The Labute approximate surface area is 138 Å². The molecule has 124 valence electrons. The van der Waals surface area contributed by atoms with Gasteiger partial charge in [0.15, 0.2) is 0 Å². The lowest BCUT2D eigenvalue weighted by atomic mass is 10.1. The quantitative estimate of drug-likeness (QED) is 0.841. The Morgan fingerprint density at radius 3 is 2.68 bits per heavy atom. The van der Waals surface area contributed by atoms with Gasteiger partial charge in [-0.1, -0.05) is 0 Å². The molecule has 1 aromatic rings. The Bertz CT molecular complexity index is 488. The molecule has 0 saturated heterocycles. The van der Waals surface area contributed by atoms with Gasteiger partial charge in [0.05, 0.1) is 19.3 Å². The molecule has 1 saturated carbocycles. The highest BCUT2D eigenvalue weighted by atomic mass is 35.5. The minimum Gasteiger partial charge on any atom is -0.497 e. The Balaban J connectivity index is 0.00000242. The van der Waals surface area contributed by atoms with E-state index in [2.05, 4.69) is 5.32 Å². The van der Waals surface area contributed by atoms with Crippen molar-refractivity contribution in [2.24, 2.45) is 5.73 Å². The maximum atomic E-state index is 11.6. The highest BCUT2D eigenvalue weighted by Crippen LogP contribution is 2.29. The van der Waals surface area contributed by atoms with Gasteiger partial charge in [0.1, 0.15) is 11.5 Å². The van der Waals surface area contributed by atoms with Gasteiger partial charge in [-0.25, -0.2) is 0 Å². The number of hydrogen-bond acceptors (Lipinski definition) is 4. The Morgan fingerprint density at radius 1 is 1.41 bits per heavy atom. The van der Waals surface area contributed by atoms with Crippen LogP contribution in [0.15, 0.2) is 18.2 Å². The summed E-state index contributed by atoms with van der Waals surface area (Å²) in [6.45, 7) is 2.08. The number of ether oxygens (including phenoxy) is 2. The number of halogens is 1. The maximum absolute atomic E-state index is 11.6. The predicted molar refractivity (Wildman–Crippen MR) is 88.6 cm³/mol. The molecule has 22 heavy (non-hydrogen) atoms. The van der Waals surface area contributed by atoms with Crippen molar-refractivity contribution in [2.75, 3.05) is 7.11 Å². The fraction of sp³-hybridized carbons (Fsp3) is 0.562. The molecule has 6 heteroatoms. The number of amides is 1. The second-order valence-corrected chi connectivity index (χ2v) is 5.50. The van der Waals surface area contributed by atoms with Crippen molar-refractivity contribution in [3.63, 3.8) is 0 Å². The SMILES string of the molecule is COc1ccc(CNC(=O)[C@H](C)N)c(OC2CCCC2)c1.Cl. The van der Waals surface area contributed by atoms with Gasteiger partial charge in [0.25, 0.3) is 0 Å². The highest BCUT2D eigenvalue weighted by Gasteiger charge is 2.19. The minimum atomic E-state index is -0.512. The van der Waals surface area contributed by atoms with E-state index in [4.69, 9.17) is 15.2 Å². The largest absolute Gasteiger partial charge is 0.497 e. The maximum Gasteiger partial charge on any atom is 0.236 e. The molecule has 0 radical (unpaired) electrons. The first kappa shape index (κ1) is 18.6. The van der Waals surface area contributed by atoms with Gasteiger partial charge >= 0.3 is 0 Å². The monoisotopic (exact) mass is 328 g/mol. The van der Waals surface area contributed by atoms with Crippen LogP contribution in [0.2, 0.25) is 0 Å². The molecule has 0 aromatic heterocycles. The molecule has 0 aliphatic heterocycles. The summed E-state index contributed by atoms with van der Waals surface area (Å²) in [5, 5.41) is 2.82. The van der Waals surface area contributed by atoms with E-state index >= 15 is 0 Å². The van der Waals surface area contributed by atoms with Crippen LogP contribution in [0.25, 0.3) is 0 Å². The first-order chi connectivity index (χ1) is 10.1. The van der Waals surface area contributed by atoms with Crippen molar-refractivity contribution >= 4 is 18.3 Å². The second kappa shape index (κ2) is 8.86. The zero-order chi connectivity index (χ0) is 15.2.